The van der Waals surface area contributed by atoms with Gasteiger partial charge in [-0.05, 0) is 41.4 Å². The summed E-state index contributed by atoms with van der Waals surface area (Å²) in [5.74, 6) is 0.756. The molecular weight excluding hydrogens is 444 g/mol. The molecule has 166 valence electrons. The number of rotatable bonds is 5. The lowest BCUT2D eigenvalue weighted by Crippen LogP contribution is -2.40. The number of hydrazone groups is 1. The average Bonchev–Trinajstić information content (AvgIpc) is 3.60. The Hall–Kier alpha value is -2.75. The molecule has 1 saturated heterocycles. The Morgan fingerprint density at radius 3 is 2.78 bits per heavy atom. The van der Waals surface area contributed by atoms with Crippen molar-refractivity contribution in [3.8, 4) is 0 Å². The van der Waals surface area contributed by atoms with Crippen LogP contribution in [0.2, 0.25) is 0 Å². The van der Waals surface area contributed by atoms with Gasteiger partial charge in [-0.2, -0.15) is 16.4 Å². The van der Waals surface area contributed by atoms with Gasteiger partial charge in [0.1, 0.15) is 11.5 Å². The number of carbonyl (C=O) groups excluding carboxylic acids is 2. The minimum absolute atomic E-state index is 0.0254. The highest BCUT2D eigenvalue weighted by molar-refractivity contribution is 7.10. The SMILES string of the molecule is O=C(c1ccsc1)N1CCCN(CC(=O)N2N=C(c3ccco3)CC2c2cccs2)CC1. The zero-order valence-electron chi connectivity index (χ0n) is 17.6. The van der Waals surface area contributed by atoms with Crippen molar-refractivity contribution in [1.82, 2.24) is 14.8 Å². The molecule has 0 radical (unpaired) electrons. The maximum absolute atomic E-state index is 13.3. The number of carbonyl (C=O) groups is 2. The number of hydrogen-bond acceptors (Lipinski definition) is 7. The highest BCUT2D eigenvalue weighted by Gasteiger charge is 2.35. The largest absolute Gasteiger partial charge is 0.463 e. The smallest absolute Gasteiger partial charge is 0.257 e. The van der Waals surface area contributed by atoms with E-state index < -0.39 is 0 Å². The van der Waals surface area contributed by atoms with Crippen LogP contribution in [0.4, 0.5) is 0 Å². The maximum atomic E-state index is 13.3. The molecule has 9 heteroatoms. The van der Waals surface area contributed by atoms with Crippen molar-refractivity contribution >= 4 is 40.2 Å². The molecule has 32 heavy (non-hydrogen) atoms. The lowest BCUT2D eigenvalue weighted by Gasteiger charge is -2.25. The molecule has 5 rings (SSSR count). The van der Waals surface area contributed by atoms with Gasteiger partial charge in [0.05, 0.1) is 24.4 Å². The van der Waals surface area contributed by atoms with Gasteiger partial charge in [0, 0.05) is 42.9 Å². The van der Waals surface area contributed by atoms with Crippen LogP contribution in [0.15, 0.2) is 62.3 Å². The number of furan rings is 1. The molecule has 0 spiro atoms. The van der Waals surface area contributed by atoms with Gasteiger partial charge in [-0.15, -0.1) is 11.3 Å². The Labute approximate surface area is 194 Å². The highest BCUT2D eigenvalue weighted by Crippen LogP contribution is 2.35. The third-order valence-corrected chi connectivity index (χ3v) is 7.50. The molecule has 2 amide bonds. The lowest BCUT2D eigenvalue weighted by atomic mass is 10.1. The van der Waals surface area contributed by atoms with Gasteiger partial charge in [0.2, 0.25) is 0 Å². The van der Waals surface area contributed by atoms with E-state index >= 15 is 0 Å². The normalized spacial score (nSPS) is 19.8. The van der Waals surface area contributed by atoms with Crippen molar-refractivity contribution in [2.24, 2.45) is 5.10 Å². The Morgan fingerprint density at radius 1 is 1.09 bits per heavy atom. The average molecular weight is 469 g/mol. The molecule has 1 unspecified atom stereocenters. The van der Waals surface area contributed by atoms with Crippen molar-refractivity contribution in [2.45, 2.75) is 18.9 Å². The topological polar surface area (TPSA) is 69.4 Å². The van der Waals surface area contributed by atoms with Crippen LogP contribution in [-0.4, -0.2) is 65.1 Å². The molecule has 0 saturated carbocycles. The zero-order valence-corrected chi connectivity index (χ0v) is 19.2. The third-order valence-electron chi connectivity index (χ3n) is 5.85. The first kappa shape index (κ1) is 21.1. The van der Waals surface area contributed by atoms with Gasteiger partial charge in [0.15, 0.2) is 0 Å². The second kappa shape index (κ2) is 9.40. The van der Waals surface area contributed by atoms with Crippen LogP contribution in [0.3, 0.4) is 0 Å². The van der Waals surface area contributed by atoms with Crippen LogP contribution in [0.25, 0.3) is 0 Å². The lowest BCUT2D eigenvalue weighted by molar-refractivity contribution is -0.134. The molecule has 1 fully saturated rings. The molecule has 0 aliphatic carbocycles. The molecular formula is C23H24N4O3S2. The third kappa shape index (κ3) is 4.41. The van der Waals surface area contributed by atoms with Crippen LogP contribution >= 0.6 is 22.7 Å². The second-order valence-electron chi connectivity index (χ2n) is 7.93. The standard InChI is InChI=1S/C23H24N4O3S2/c28-22(15-25-7-3-8-26(10-9-25)23(29)17-6-13-31-16-17)27-19(21-5-2-12-32-21)14-18(24-27)20-4-1-11-30-20/h1-2,4-6,11-13,16,19H,3,7-10,14-15H2. The minimum atomic E-state index is -0.105. The van der Waals surface area contributed by atoms with Crippen LogP contribution in [0.5, 0.6) is 0 Å². The van der Waals surface area contributed by atoms with Crippen molar-refractivity contribution in [3.05, 3.63) is 68.9 Å². The molecule has 5 heterocycles. The summed E-state index contributed by atoms with van der Waals surface area (Å²) in [4.78, 5) is 31.2. The van der Waals surface area contributed by atoms with E-state index in [1.54, 1.807) is 22.6 Å². The van der Waals surface area contributed by atoms with Crippen molar-refractivity contribution in [1.29, 1.82) is 0 Å². The second-order valence-corrected chi connectivity index (χ2v) is 9.69. The summed E-state index contributed by atoms with van der Waals surface area (Å²) >= 11 is 3.17. The van der Waals surface area contributed by atoms with Crippen molar-refractivity contribution in [2.75, 3.05) is 32.7 Å². The van der Waals surface area contributed by atoms with Crippen LogP contribution in [0.1, 0.15) is 39.9 Å². The molecule has 2 aliphatic heterocycles. The fourth-order valence-corrected chi connectivity index (χ4v) is 5.64. The van der Waals surface area contributed by atoms with Crippen LogP contribution in [0, 0.1) is 0 Å². The summed E-state index contributed by atoms with van der Waals surface area (Å²) < 4.78 is 5.53. The predicted octanol–water partition coefficient (Wildman–Crippen LogP) is 3.93. The minimum Gasteiger partial charge on any atom is -0.463 e. The first-order chi connectivity index (χ1) is 15.7. The highest BCUT2D eigenvalue weighted by atomic mass is 32.1. The number of nitrogens with zero attached hydrogens (tertiary/aromatic N) is 4. The summed E-state index contributed by atoms with van der Waals surface area (Å²) in [7, 11) is 0. The molecule has 1 atom stereocenters. The summed E-state index contributed by atoms with van der Waals surface area (Å²) in [6, 6.07) is 9.53. The van der Waals surface area contributed by atoms with Gasteiger partial charge in [-0.3, -0.25) is 14.5 Å². The number of hydrogen-bond donors (Lipinski definition) is 0. The van der Waals surface area contributed by atoms with E-state index in [1.807, 2.05) is 45.3 Å². The van der Waals surface area contributed by atoms with Gasteiger partial charge in [-0.25, -0.2) is 5.01 Å². The van der Waals surface area contributed by atoms with Crippen LogP contribution in [-0.2, 0) is 4.79 Å². The van der Waals surface area contributed by atoms with E-state index in [9.17, 15) is 9.59 Å². The van der Waals surface area contributed by atoms with Gasteiger partial charge < -0.3 is 9.32 Å². The van der Waals surface area contributed by atoms with Crippen molar-refractivity contribution < 1.29 is 14.0 Å². The summed E-state index contributed by atoms with van der Waals surface area (Å²) in [6.45, 7) is 3.08. The van der Waals surface area contributed by atoms with Crippen molar-refractivity contribution in [3.63, 3.8) is 0 Å². The monoisotopic (exact) mass is 468 g/mol. The van der Waals surface area contributed by atoms with Crippen LogP contribution < -0.4 is 0 Å². The van der Waals surface area contributed by atoms with E-state index in [2.05, 4.69) is 16.1 Å². The summed E-state index contributed by atoms with van der Waals surface area (Å²) in [6.07, 6.45) is 3.12. The number of thiophene rings is 2. The summed E-state index contributed by atoms with van der Waals surface area (Å²) in [5, 5.41) is 12.1. The fourth-order valence-electron chi connectivity index (χ4n) is 4.20. The Bertz CT molecular complexity index is 1080. The van der Waals surface area contributed by atoms with E-state index in [0.29, 0.717) is 31.8 Å². The van der Waals surface area contributed by atoms with Gasteiger partial charge in [0.25, 0.3) is 11.8 Å². The Balaban J connectivity index is 1.26. The molecule has 7 nitrogen and oxygen atoms in total. The molecule has 0 N–H and O–H groups in total. The first-order valence-electron chi connectivity index (χ1n) is 10.7. The fraction of sp³-hybridized carbons (Fsp3) is 0.348. The molecule has 0 aromatic carbocycles. The van der Waals surface area contributed by atoms with Gasteiger partial charge in [-0.1, -0.05) is 6.07 Å². The first-order valence-corrected chi connectivity index (χ1v) is 12.5. The molecule has 3 aromatic rings. The van der Waals surface area contributed by atoms with Gasteiger partial charge >= 0.3 is 0 Å². The van der Waals surface area contributed by atoms with E-state index in [0.717, 1.165) is 29.1 Å². The zero-order chi connectivity index (χ0) is 21.9. The maximum Gasteiger partial charge on any atom is 0.257 e. The molecule has 0 bridgehead atoms. The molecule has 2 aliphatic rings. The quantitative estimate of drug-likeness (QED) is 0.569. The number of amides is 2. The summed E-state index contributed by atoms with van der Waals surface area (Å²) in [5.41, 5.74) is 1.54. The van der Waals surface area contributed by atoms with E-state index in [-0.39, 0.29) is 24.4 Å². The Kier molecular flexibility index (Phi) is 6.20. The predicted molar refractivity (Wildman–Crippen MR) is 125 cm³/mol. The van der Waals surface area contributed by atoms with E-state index in [4.69, 9.17) is 4.42 Å². The van der Waals surface area contributed by atoms with E-state index in [1.165, 1.54) is 11.3 Å². The molecule has 3 aromatic heterocycles. The Morgan fingerprint density at radius 2 is 2.03 bits per heavy atom.